The molecule has 5 rings (SSSR count). The van der Waals surface area contributed by atoms with Crippen LogP contribution in [0, 0.1) is 16.7 Å². The fraction of sp³-hybridized carbons (Fsp3) is 0.714. The van der Waals surface area contributed by atoms with Crippen molar-refractivity contribution in [1.29, 1.82) is 0 Å². The molecule has 2 spiro atoms. The van der Waals surface area contributed by atoms with Crippen molar-refractivity contribution in [3.8, 4) is 0 Å². The molecule has 4 heterocycles. The number of anilines is 1. The minimum absolute atomic E-state index is 0.0897. The lowest BCUT2D eigenvalue weighted by Crippen LogP contribution is -2.53. The first-order valence-corrected chi connectivity index (χ1v) is 10.7. The smallest absolute Gasteiger partial charge is 0.231 e. The van der Waals surface area contributed by atoms with E-state index in [0.717, 1.165) is 70.8 Å². The lowest BCUT2D eigenvalue weighted by atomic mass is 9.60. The van der Waals surface area contributed by atoms with Gasteiger partial charge in [-0.15, -0.1) is 0 Å². The Morgan fingerprint density at radius 1 is 1.11 bits per heavy atom. The second-order valence-corrected chi connectivity index (χ2v) is 9.00. The van der Waals surface area contributed by atoms with Crippen LogP contribution in [0.25, 0.3) is 0 Å². The van der Waals surface area contributed by atoms with Crippen LogP contribution < -0.4 is 4.90 Å². The van der Waals surface area contributed by atoms with Crippen molar-refractivity contribution in [2.75, 3.05) is 44.2 Å². The predicted molar refractivity (Wildman–Crippen MR) is 105 cm³/mol. The molecule has 1 aromatic rings. The summed E-state index contributed by atoms with van der Waals surface area (Å²) in [6, 6.07) is 1.83. The summed E-state index contributed by atoms with van der Waals surface area (Å²) < 4.78 is 0. The number of hydrogen-bond acceptors (Lipinski definition) is 5. The molecule has 4 aliphatic rings. The molecule has 28 heavy (non-hydrogen) atoms. The standard InChI is InChI=1S/C21H29N5O2/c1-2-24-13-8-21(18(24)28)15-26(19-22-9-3-10-23-19)14-20(21)6-11-25(12-7-20)17(27)16-4-5-16/h3,9-10,16H,2,4-8,11-15H2,1H3. The van der Waals surface area contributed by atoms with E-state index in [1.165, 1.54) is 0 Å². The molecule has 0 bridgehead atoms. The van der Waals surface area contributed by atoms with Crippen molar-refractivity contribution in [2.45, 2.75) is 39.0 Å². The van der Waals surface area contributed by atoms with E-state index in [0.29, 0.717) is 18.4 Å². The van der Waals surface area contributed by atoms with Crippen molar-refractivity contribution in [1.82, 2.24) is 19.8 Å². The zero-order valence-corrected chi connectivity index (χ0v) is 16.6. The third kappa shape index (κ3) is 2.54. The number of carbonyl (C=O) groups excluding carboxylic acids is 2. The average Bonchev–Trinajstić information content (AvgIpc) is 3.47. The molecule has 2 amide bonds. The first kappa shape index (κ1) is 17.9. The van der Waals surface area contributed by atoms with E-state index in [2.05, 4.69) is 26.7 Å². The van der Waals surface area contributed by atoms with Crippen LogP contribution in [-0.4, -0.2) is 70.9 Å². The van der Waals surface area contributed by atoms with E-state index in [4.69, 9.17) is 0 Å². The zero-order valence-electron chi connectivity index (χ0n) is 16.6. The first-order valence-electron chi connectivity index (χ1n) is 10.7. The van der Waals surface area contributed by atoms with Crippen molar-refractivity contribution in [3.05, 3.63) is 18.5 Å². The third-order valence-corrected chi connectivity index (χ3v) is 7.65. The molecule has 0 aromatic carbocycles. The predicted octanol–water partition coefficient (Wildman–Crippen LogP) is 1.55. The Kier molecular flexibility index (Phi) is 4.10. The van der Waals surface area contributed by atoms with Gasteiger partial charge in [0.15, 0.2) is 0 Å². The summed E-state index contributed by atoms with van der Waals surface area (Å²) in [5, 5.41) is 0. The maximum absolute atomic E-state index is 13.5. The highest BCUT2D eigenvalue weighted by molar-refractivity contribution is 5.88. The van der Waals surface area contributed by atoms with Crippen LogP contribution in [-0.2, 0) is 9.59 Å². The molecule has 1 aliphatic carbocycles. The van der Waals surface area contributed by atoms with Gasteiger partial charge in [0.2, 0.25) is 17.8 Å². The Hall–Kier alpha value is -2.18. The highest BCUT2D eigenvalue weighted by atomic mass is 16.2. The third-order valence-electron chi connectivity index (χ3n) is 7.65. The van der Waals surface area contributed by atoms with Crippen molar-refractivity contribution < 1.29 is 9.59 Å². The van der Waals surface area contributed by atoms with Crippen molar-refractivity contribution >= 4 is 17.8 Å². The first-order chi connectivity index (χ1) is 13.6. The van der Waals surface area contributed by atoms with Gasteiger partial charge in [0.25, 0.3) is 0 Å². The SMILES string of the molecule is CCN1CCC2(CN(c3ncccn3)CC23CCN(C(=O)C2CC2)CC3)C1=O. The summed E-state index contributed by atoms with van der Waals surface area (Å²) in [4.78, 5) is 41.3. The van der Waals surface area contributed by atoms with Gasteiger partial charge in [-0.2, -0.15) is 0 Å². The van der Waals surface area contributed by atoms with Gasteiger partial charge >= 0.3 is 0 Å². The molecule has 1 atom stereocenters. The number of carbonyl (C=O) groups is 2. The summed E-state index contributed by atoms with van der Waals surface area (Å²) in [5.74, 6) is 1.62. The van der Waals surface area contributed by atoms with Gasteiger partial charge in [0, 0.05) is 63.0 Å². The molecule has 3 saturated heterocycles. The topological polar surface area (TPSA) is 69.6 Å². The minimum atomic E-state index is -0.364. The summed E-state index contributed by atoms with van der Waals surface area (Å²) in [5.41, 5.74) is -0.454. The van der Waals surface area contributed by atoms with Gasteiger partial charge in [0.1, 0.15) is 0 Å². The van der Waals surface area contributed by atoms with Gasteiger partial charge in [0.05, 0.1) is 5.41 Å². The quantitative estimate of drug-likeness (QED) is 0.792. The molecule has 7 nitrogen and oxygen atoms in total. The number of amides is 2. The number of fused-ring (bicyclic) bond motifs is 1. The molecule has 3 aliphatic heterocycles. The van der Waals surface area contributed by atoms with E-state index >= 15 is 0 Å². The normalized spacial score (nSPS) is 29.3. The number of hydrogen-bond donors (Lipinski definition) is 0. The molecular formula is C21H29N5O2. The largest absolute Gasteiger partial charge is 0.342 e. The highest BCUT2D eigenvalue weighted by Gasteiger charge is 2.65. The minimum Gasteiger partial charge on any atom is -0.342 e. The lowest BCUT2D eigenvalue weighted by Gasteiger charge is -2.46. The van der Waals surface area contributed by atoms with E-state index in [-0.39, 0.29) is 16.7 Å². The number of aromatic nitrogens is 2. The van der Waals surface area contributed by atoms with E-state index in [1.807, 2.05) is 11.0 Å². The van der Waals surface area contributed by atoms with Gasteiger partial charge in [-0.3, -0.25) is 9.59 Å². The zero-order chi connectivity index (χ0) is 19.4. The molecule has 4 fully saturated rings. The van der Waals surface area contributed by atoms with E-state index < -0.39 is 0 Å². The van der Waals surface area contributed by atoms with Crippen LogP contribution >= 0.6 is 0 Å². The maximum Gasteiger partial charge on any atom is 0.231 e. The average molecular weight is 383 g/mol. The van der Waals surface area contributed by atoms with Crippen LogP contribution in [0.15, 0.2) is 18.5 Å². The number of rotatable bonds is 3. The van der Waals surface area contributed by atoms with Gasteiger partial charge in [-0.25, -0.2) is 9.97 Å². The maximum atomic E-state index is 13.5. The van der Waals surface area contributed by atoms with Gasteiger partial charge in [-0.05, 0) is 45.1 Å². The molecule has 0 N–H and O–H groups in total. The lowest BCUT2D eigenvalue weighted by molar-refractivity contribution is -0.144. The molecule has 1 saturated carbocycles. The van der Waals surface area contributed by atoms with Gasteiger partial charge < -0.3 is 14.7 Å². The summed E-state index contributed by atoms with van der Waals surface area (Å²) in [6.07, 6.45) is 8.34. The molecule has 150 valence electrons. The number of piperidine rings is 1. The Morgan fingerprint density at radius 2 is 1.82 bits per heavy atom. The summed E-state index contributed by atoms with van der Waals surface area (Å²) >= 11 is 0. The second kappa shape index (κ2) is 6.42. The fourth-order valence-corrected chi connectivity index (χ4v) is 5.82. The Balaban J connectivity index is 1.44. The van der Waals surface area contributed by atoms with Crippen molar-refractivity contribution in [3.63, 3.8) is 0 Å². The number of likely N-dealkylation sites (tertiary alicyclic amines) is 2. The molecule has 7 heteroatoms. The van der Waals surface area contributed by atoms with Crippen LogP contribution in [0.4, 0.5) is 5.95 Å². The molecule has 1 aromatic heterocycles. The Bertz CT molecular complexity index is 772. The Morgan fingerprint density at radius 3 is 2.43 bits per heavy atom. The monoisotopic (exact) mass is 383 g/mol. The van der Waals surface area contributed by atoms with E-state index in [1.54, 1.807) is 12.4 Å². The summed E-state index contributed by atoms with van der Waals surface area (Å²) in [7, 11) is 0. The molecular weight excluding hydrogens is 354 g/mol. The van der Waals surface area contributed by atoms with Crippen molar-refractivity contribution in [2.24, 2.45) is 16.7 Å². The molecule has 1 unspecified atom stereocenters. The fourth-order valence-electron chi connectivity index (χ4n) is 5.82. The highest BCUT2D eigenvalue weighted by Crippen LogP contribution is 2.58. The van der Waals surface area contributed by atoms with Gasteiger partial charge in [-0.1, -0.05) is 0 Å². The Labute approximate surface area is 166 Å². The van der Waals surface area contributed by atoms with E-state index in [9.17, 15) is 9.59 Å². The van der Waals surface area contributed by atoms with Crippen LogP contribution in [0.1, 0.15) is 39.0 Å². The van der Waals surface area contributed by atoms with Crippen LogP contribution in [0.2, 0.25) is 0 Å². The van der Waals surface area contributed by atoms with Crippen LogP contribution in [0.3, 0.4) is 0 Å². The summed E-state index contributed by atoms with van der Waals surface area (Å²) in [6.45, 7) is 6.73. The molecule has 0 radical (unpaired) electrons. The number of nitrogens with zero attached hydrogens (tertiary/aromatic N) is 5. The second-order valence-electron chi connectivity index (χ2n) is 9.00. The van der Waals surface area contributed by atoms with Crippen LogP contribution in [0.5, 0.6) is 0 Å².